The van der Waals surface area contributed by atoms with Gasteiger partial charge in [0, 0.05) is 25.6 Å². The number of carbonyl (C=O) groups is 1. The van der Waals surface area contributed by atoms with E-state index in [2.05, 4.69) is 19.2 Å². The molecule has 116 valence electrons. The molecular formula is C16H30N2O2. The van der Waals surface area contributed by atoms with Crippen LogP contribution in [-0.4, -0.2) is 41.8 Å². The van der Waals surface area contributed by atoms with Gasteiger partial charge in [0.15, 0.2) is 0 Å². The summed E-state index contributed by atoms with van der Waals surface area (Å²) >= 11 is 0. The molecular weight excluding hydrogens is 252 g/mol. The van der Waals surface area contributed by atoms with Crippen molar-refractivity contribution in [3.63, 3.8) is 0 Å². The zero-order chi connectivity index (χ0) is 14.8. The molecule has 0 bridgehead atoms. The zero-order valence-corrected chi connectivity index (χ0v) is 13.2. The van der Waals surface area contributed by atoms with Crippen LogP contribution in [0.4, 0.5) is 4.79 Å². The van der Waals surface area contributed by atoms with Crippen molar-refractivity contribution in [3.05, 3.63) is 0 Å². The minimum absolute atomic E-state index is 0.0605. The predicted molar refractivity (Wildman–Crippen MR) is 80.5 cm³/mol. The van der Waals surface area contributed by atoms with Gasteiger partial charge in [0.25, 0.3) is 0 Å². The van der Waals surface area contributed by atoms with Crippen LogP contribution in [0.25, 0.3) is 0 Å². The molecule has 2 atom stereocenters. The lowest BCUT2D eigenvalue weighted by molar-refractivity contribution is 0.0735. The first-order valence-electron chi connectivity index (χ1n) is 8.13. The second-order valence-electron chi connectivity index (χ2n) is 7.35. The summed E-state index contributed by atoms with van der Waals surface area (Å²) in [5.41, 5.74) is 0.378. The van der Waals surface area contributed by atoms with Gasteiger partial charge in [-0.3, -0.25) is 0 Å². The molecule has 0 aromatic carbocycles. The van der Waals surface area contributed by atoms with Crippen molar-refractivity contribution in [2.24, 2.45) is 17.3 Å². The van der Waals surface area contributed by atoms with E-state index in [1.807, 2.05) is 11.8 Å². The van der Waals surface area contributed by atoms with Crippen molar-refractivity contribution < 1.29 is 9.90 Å². The van der Waals surface area contributed by atoms with E-state index in [1.165, 1.54) is 19.3 Å². The average Bonchev–Trinajstić information content (AvgIpc) is 3.15. The number of rotatable bonds is 5. The Bertz CT molecular complexity index is 337. The van der Waals surface area contributed by atoms with Crippen molar-refractivity contribution in [2.45, 2.75) is 59.0 Å². The third kappa shape index (κ3) is 4.11. The highest BCUT2D eigenvalue weighted by Crippen LogP contribution is 2.50. The number of likely N-dealkylation sites (tertiary alicyclic amines) is 1. The zero-order valence-electron chi connectivity index (χ0n) is 13.2. The van der Waals surface area contributed by atoms with E-state index in [-0.39, 0.29) is 18.1 Å². The molecule has 2 amide bonds. The second-order valence-corrected chi connectivity index (χ2v) is 7.35. The molecule has 4 nitrogen and oxygen atoms in total. The maximum absolute atomic E-state index is 12.3. The van der Waals surface area contributed by atoms with Crippen molar-refractivity contribution in [1.29, 1.82) is 0 Å². The molecule has 2 N–H and O–H groups in total. The quantitative estimate of drug-likeness (QED) is 0.814. The van der Waals surface area contributed by atoms with Crippen molar-refractivity contribution in [3.8, 4) is 0 Å². The molecule has 1 saturated heterocycles. The van der Waals surface area contributed by atoms with Crippen LogP contribution >= 0.6 is 0 Å². The molecule has 0 aromatic heterocycles. The minimum atomic E-state index is -0.318. The number of hydrogen-bond acceptors (Lipinski definition) is 2. The van der Waals surface area contributed by atoms with E-state index >= 15 is 0 Å². The highest BCUT2D eigenvalue weighted by atomic mass is 16.3. The smallest absolute Gasteiger partial charge is 0.317 e. The molecule has 2 fully saturated rings. The van der Waals surface area contributed by atoms with Crippen molar-refractivity contribution >= 4 is 6.03 Å². The van der Waals surface area contributed by atoms with E-state index in [9.17, 15) is 9.90 Å². The summed E-state index contributed by atoms with van der Waals surface area (Å²) in [5, 5.41) is 12.8. The topological polar surface area (TPSA) is 52.6 Å². The van der Waals surface area contributed by atoms with Crippen LogP contribution in [0.5, 0.6) is 0 Å². The van der Waals surface area contributed by atoms with Gasteiger partial charge in [-0.1, -0.05) is 13.8 Å². The number of nitrogens with zero attached hydrogens (tertiary/aromatic N) is 1. The van der Waals surface area contributed by atoms with Gasteiger partial charge in [0.2, 0.25) is 0 Å². The first-order chi connectivity index (χ1) is 9.42. The number of nitrogens with one attached hydrogen (secondary N) is 1. The molecule has 1 saturated carbocycles. The van der Waals surface area contributed by atoms with Crippen molar-refractivity contribution in [1.82, 2.24) is 10.2 Å². The fraction of sp³-hybridized carbons (Fsp3) is 0.938. The maximum atomic E-state index is 12.3. The van der Waals surface area contributed by atoms with Crippen LogP contribution in [-0.2, 0) is 0 Å². The number of carbonyl (C=O) groups excluding carboxylic acids is 1. The Labute approximate surface area is 122 Å². The summed E-state index contributed by atoms with van der Waals surface area (Å²) < 4.78 is 0. The Hall–Kier alpha value is -0.770. The Kier molecular flexibility index (Phi) is 4.95. The Morgan fingerprint density at radius 3 is 2.65 bits per heavy atom. The van der Waals surface area contributed by atoms with E-state index in [1.54, 1.807) is 0 Å². The first-order valence-corrected chi connectivity index (χ1v) is 8.13. The minimum Gasteiger partial charge on any atom is -0.393 e. The van der Waals surface area contributed by atoms with Gasteiger partial charge in [0.1, 0.15) is 0 Å². The summed E-state index contributed by atoms with van der Waals surface area (Å²) in [6.07, 6.45) is 5.42. The highest BCUT2D eigenvalue weighted by molar-refractivity contribution is 5.74. The van der Waals surface area contributed by atoms with Crippen LogP contribution in [0.3, 0.4) is 0 Å². The summed E-state index contributed by atoms with van der Waals surface area (Å²) in [6, 6.07) is 0.0605. The van der Waals surface area contributed by atoms with Gasteiger partial charge >= 0.3 is 6.03 Å². The molecule has 2 unspecified atom stereocenters. The fourth-order valence-electron chi connectivity index (χ4n) is 3.46. The van der Waals surface area contributed by atoms with E-state index in [4.69, 9.17) is 0 Å². The van der Waals surface area contributed by atoms with Crippen LogP contribution in [0.1, 0.15) is 52.9 Å². The van der Waals surface area contributed by atoms with Crippen LogP contribution in [0, 0.1) is 17.3 Å². The summed E-state index contributed by atoms with van der Waals surface area (Å²) in [4.78, 5) is 14.1. The van der Waals surface area contributed by atoms with Gasteiger partial charge in [-0.25, -0.2) is 4.79 Å². The van der Waals surface area contributed by atoms with E-state index < -0.39 is 0 Å². The third-order valence-corrected chi connectivity index (χ3v) is 4.84. The fourth-order valence-corrected chi connectivity index (χ4v) is 3.46. The van der Waals surface area contributed by atoms with Crippen LogP contribution in [0.2, 0.25) is 0 Å². The molecule has 0 radical (unpaired) electrons. The lowest BCUT2D eigenvalue weighted by atomic mass is 9.93. The number of aliphatic hydroxyl groups excluding tert-OH is 1. The van der Waals surface area contributed by atoms with Crippen LogP contribution in [0.15, 0.2) is 0 Å². The van der Waals surface area contributed by atoms with Crippen molar-refractivity contribution in [2.75, 3.05) is 19.6 Å². The number of urea groups is 1. The van der Waals surface area contributed by atoms with E-state index in [0.29, 0.717) is 17.9 Å². The third-order valence-electron chi connectivity index (χ3n) is 4.84. The van der Waals surface area contributed by atoms with Gasteiger partial charge in [-0.15, -0.1) is 0 Å². The summed E-state index contributed by atoms with van der Waals surface area (Å²) in [5.74, 6) is 0.934. The average molecular weight is 282 g/mol. The second kappa shape index (κ2) is 6.33. The van der Waals surface area contributed by atoms with Gasteiger partial charge in [-0.05, 0) is 50.4 Å². The molecule has 0 aromatic rings. The number of amides is 2. The van der Waals surface area contributed by atoms with Crippen LogP contribution < -0.4 is 5.32 Å². The molecule has 2 aliphatic rings. The summed E-state index contributed by atoms with van der Waals surface area (Å²) in [7, 11) is 0. The number of hydrogen-bond donors (Lipinski definition) is 2. The van der Waals surface area contributed by atoms with Gasteiger partial charge in [-0.2, -0.15) is 0 Å². The molecule has 2 rings (SSSR count). The molecule has 1 heterocycles. The maximum Gasteiger partial charge on any atom is 0.317 e. The molecule has 4 heteroatoms. The van der Waals surface area contributed by atoms with Gasteiger partial charge < -0.3 is 15.3 Å². The summed E-state index contributed by atoms with van der Waals surface area (Å²) in [6.45, 7) is 8.67. The Morgan fingerprint density at radius 1 is 1.40 bits per heavy atom. The Balaban J connectivity index is 1.77. The lowest BCUT2D eigenvalue weighted by Gasteiger charge is -2.34. The van der Waals surface area contributed by atoms with Gasteiger partial charge in [0.05, 0.1) is 6.10 Å². The molecule has 20 heavy (non-hydrogen) atoms. The number of aliphatic hydroxyl groups is 1. The Morgan fingerprint density at radius 2 is 2.10 bits per heavy atom. The number of piperidine rings is 1. The first kappa shape index (κ1) is 15.6. The SMILES string of the molecule is CC(C)CC1(CNC(=O)N2CCCC(C(C)O)C2)CC1. The predicted octanol–water partition coefficient (Wildman–Crippen LogP) is 2.62. The lowest BCUT2D eigenvalue weighted by Crippen LogP contribution is -2.48. The normalized spacial score (nSPS) is 26.4. The molecule has 0 spiro atoms. The highest BCUT2D eigenvalue weighted by Gasteiger charge is 2.43. The monoisotopic (exact) mass is 282 g/mol. The largest absolute Gasteiger partial charge is 0.393 e. The molecule has 1 aliphatic heterocycles. The standard InChI is InChI=1S/C16H30N2O2/c1-12(2)9-16(6-7-16)11-17-15(20)18-8-4-5-14(10-18)13(3)19/h12-14,19H,4-11H2,1-3H3,(H,17,20). The molecule has 1 aliphatic carbocycles. The van der Waals surface area contributed by atoms with E-state index in [0.717, 1.165) is 25.9 Å².